The Morgan fingerprint density at radius 2 is 2.15 bits per heavy atom. The molecule has 1 aliphatic carbocycles. The summed E-state index contributed by atoms with van der Waals surface area (Å²) >= 11 is 7.12. The Hall–Kier alpha value is 0.240. The molecule has 0 unspecified atom stereocenters. The van der Waals surface area contributed by atoms with Gasteiger partial charge in [0.05, 0.1) is 16.4 Å². The van der Waals surface area contributed by atoms with Gasteiger partial charge in [0.1, 0.15) is 5.76 Å². The second kappa shape index (κ2) is 4.65. The average molecular weight is 310 g/mol. The average Bonchev–Trinajstić information content (AvgIpc) is 2.03. The zero-order valence-corrected chi connectivity index (χ0v) is 11.3. The van der Waals surface area contributed by atoms with E-state index in [9.17, 15) is 0 Å². The van der Waals surface area contributed by atoms with Gasteiger partial charge in [0.2, 0.25) is 0 Å². The zero-order chi connectivity index (χ0) is 10.0. The van der Waals surface area contributed by atoms with Gasteiger partial charge in [0, 0.05) is 0 Å². The van der Waals surface area contributed by atoms with Crippen molar-refractivity contribution in [3.05, 3.63) is 21.9 Å². The maximum Gasteiger partial charge on any atom is 0.124 e. The van der Waals surface area contributed by atoms with Crippen molar-refractivity contribution in [3.63, 3.8) is 0 Å². The van der Waals surface area contributed by atoms with Gasteiger partial charge in [-0.15, -0.1) is 0 Å². The lowest BCUT2D eigenvalue weighted by molar-refractivity contribution is 0.278. The fourth-order valence-electron chi connectivity index (χ4n) is 1.37. The summed E-state index contributed by atoms with van der Waals surface area (Å²) in [6.07, 6.45) is 3.21. The highest BCUT2D eigenvalue weighted by molar-refractivity contribution is 9.12. The van der Waals surface area contributed by atoms with Gasteiger partial charge in [0.15, 0.2) is 0 Å². The van der Waals surface area contributed by atoms with E-state index in [0.717, 1.165) is 16.7 Å². The van der Waals surface area contributed by atoms with Gasteiger partial charge in [-0.3, -0.25) is 0 Å². The predicted octanol–water partition coefficient (Wildman–Crippen LogP) is 3.99. The maximum atomic E-state index is 5.29. The molecule has 0 amide bonds. The third kappa shape index (κ3) is 2.59. The summed E-state index contributed by atoms with van der Waals surface area (Å²) < 4.78 is 6.35. The summed E-state index contributed by atoms with van der Waals surface area (Å²) in [5.41, 5.74) is 1.45. The van der Waals surface area contributed by atoms with E-state index >= 15 is 0 Å². The molecule has 0 aromatic rings. The van der Waals surface area contributed by atoms with Gasteiger partial charge < -0.3 is 4.74 Å². The molecule has 0 radical (unpaired) electrons. The molecule has 0 aromatic heterocycles. The van der Waals surface area contributed by atoms with E-state index < -0.39 is 0 Å². The molecule has 0 fully saturated rings. The summed E-state index contributed by atoms with van der Waals surface area (Å²) in [6.45, 7) is 4.42. The van der Waals surface area contributed by atoms with Crippen LogP contribution < -0.4 is 0 Å². The number of allylic oxidation sites excluding steroid dienone is 4. The lowest BCUT2D eigenvalue weighted by atomic mass is 9.94. The van der Waals surface area contributed by atoms with E-state index in [1.54, 1.807) is 7.11 Å². The first-order valence-corrected chi connectivity index (χ1v) is 6.05. The van der Waals surface area contributed by atoms with E-state index in [1.807, 2.05) is 0 Å². The molecule has 0 saturated heterocycles. The molecular formula is C10H14Br2O. The topological polar surface area (TPSA) is 9.23 Å². The van der Waals surface area contributed by atoms with Gasteiger partial charge in [-0.25, -0.2) is 0 Å². The van der Waals surface area contributed by atoms with Crippen molar-refractivity contribution in [2.75, 3.05) is 7.11 Å². The molecule has 1 rings (SSSR count). The zero-order valence-electron chi connectivity index (χ0n) is 8.10. The minimum atomic E-state index is 0.314. The van der Waals surface area contributed by atoms with Crippen LogP contribution in [0.3, 0.4) is 0 Å². The highest BCUT2D eigenvalue weighted by atomic mass is 79.9. The number of methoxy groups -OCH3 is 1. The summed E-state index contributed by atoms with van der Waals surface area (Å²) in [5.74, 6) is 1.59. The second-order valence-corrected chi connectivity index (χ2v) is 5.42. The van der Waals surface area contributed by atoms with Crippen LogP contribution in [0.25, 0.3) is 0 Å². The monoisotopic (exact) mass is 308 g/mol. The molecule has 0 heterocycles. The van der Waals surface area contributed by atoms with Crippen molar-refractivity contribution < 1.29 is 4.74 Å². The number of rotatable bonds is 2. The molecule has 0 aliphatic heterocycles. The van der Waals surface area contributed by atoms with Gasteiger partial charge in [0.25, 0.3) is 0 Å². The van der Waals surface area contributed by atoms with Crippen LogP contribution in [0.15, 0.2) is 21.9 Å². The van der Waals surface area contributed by atoms with Crippen LogP contribution in [0, 0.1) is 5.92 Å². The normalized spacial score (nSPS) is 23.5. The molecule has 3 heteroatoms. The predicted molar refractivity (Wildman–Crippen MR) is 63.2 cm³/mol. The van der Waals surface area contributed by atoms with Crippen LogP contribution >= 0.6 is 31.9 Å². The standard InChI is InChI=1S/C10H14Br2O/c1-6(2)7-4-8(11)10(13-3)9(12)5-7/h4,6,9H,5H2,1-3H3/t9-/m0/s1. The van der Waals surface area contributed by atoms with E-state index in [1.165, 1.54) is 5.57 Å². The van der Waals surface area contributed by atoms with Crippen LogP contribution in [0.4, 0.5) is 0 Å². The number of halogens is 2. The molecule has 1 aliphatic rings. The van der Waals surface area contributed by atoms with Crippen molar-refractivity contribution in [1.29, 1.82) is 0 Å². The smallest absolute Gasteiger partial charge is 0.124 e. The Morgan fingerprint density at radius 1 is 1.54 bits per heavy atom. The third-order valence-corrected chi connectivity index (χ3v) is 3.57. The lowest BCUT2D eigenvalue weighted by Gasteiger charge is -2.23. The Balaban J connectivity index is 2.93. The fraction of sp³-hybridized carbons (Fsp3) is 0.600. The Labute approximate surface area is 96.5 Å². The summed E-state index contributed by atoms with van der Waals surface area (Å²) in [5, 5.41) is 0. The van der Waals surface area contributed by atoms with Gasteiger partial charge in [-0.2, -0.15) is 0 Å². The Bertz CT molecular complexity index is 254. The Kier molecular flexibility index (Phi) is 4.05. The van der Waals surface area contributed by atoms with Gasteiger partial charge in [-0.1, -0.05) is 35.4 Å². The van der Waals surface area contributed by atoms with Crippen molar-refractivity contribution in [3.8, 4) is 0 Å². The van der Waals surface area contributed by atoms with Crippen LogP contribution in [0.1, 0.15) is 20.3 Å². The summed E-state index contributed by atoms with van der Waals surface area (Å²) in [6, 6.07) is 0. The fourth-order valence-corrected chi connectivity index (χ4v) is 3.22. The van der Waals surface area contributed by atoms with E-state index in [2.05, 4.69) is 51.8 Å². The molecule has 1 atom stereocenters. The van der Waals surface area contributed by atoms with Crippen LogP contribution in [0.5, 0.6) is 0 Å². The van der Waals surface area contributed by atoms with Crippen LogP contribution in [-0.2, 0) is 4.74 Å². The molecular weight excluding hydrogens is 296 g/mol. The van der Waals surface area contributed by atoms with Crippen molar-refractivity contribution in [1.82, 2.24) is 0 Å². The maximum absolute atomic E-state index is 5.29. The van der Waals surface area contributed by atoms with E-state index in [4.69, 9.17) is 4.74 Å². The SMILES string of the molecule is COC1=C(Br)C=C(C(C)C)C[C@@H]1Br. The second-order valence-electron chi connectivity index (χ2n) is 3.46. The molecule has 0 N–H and O–H groups in total. The number of hydrogen-bond donors (Lipinski definition) is 0. The highest BCUT2D eigenvalue weighted by Crippen LogP contribution is 2.35. The third-order valence-electron chi connectivity index (χ3n) is 2.21. The highest BCUT2D eigenvalue weighted by Gasteiger charge is 2.22. The largest absolute Gasteiger partial charge is 0.499 e. The number of ether oxygens (including phenoxy) is 1. The Morgan fingerprint density at radius 3 is 2.54 bits per heavy atom. The van der Waals surface area contributed by atoms with E-state index in [-0.39, 0.29) is 0 Å². The molecule has 0 aromatic carbocycles. The van der Waals surface area contributed by atoms with Gasteiger partial charge >= 0.3 is 0 Å². The lowest BCUT2D eigenvalue weighted by Crippen LogP contribution is -2.13. The summed E-state index contributed by atoms with van der Waals surface area (Å²) in [7, 11) is 1.71. The molecule has 74 valence electrons. The summed E-state index contributed by atoms with van der Waals surface area (Å²) in [4.78, 5) is 0.314. The number of alkyl halides is 1. The minimum Gasteiger partial charge on any atom is -0.499 e. The molecule has 0 spiro atoms. The molecule has 0 saturated carbocycles. The first kappa shape index (κ1) is 11.3. The van der Waals surface area contributed by atoms with Crippen molar-refractivity contribution in [2.45, 2.75) is 25.1 Å². The minimum absolute atomic E-state index is 0.314. The van der Waals surface area contributed by atoms with Crippen LogP contribution in [0.2, 0.25) is 0 Å². The van der Waals surface area contributed by atoms with E-state index in [0.29, 0.717) is 10.7 Å². The molecule has 0 bridgehead atoms. The first-order valence-electron chi connectivity index (χ1n) is 4.34. The van der Waals surface area contributed by atoms with Crippen molar-refractivity contribution >= 4 is 31.9 Å². The van der Waals surface area contributed by atoms with Crippen LogP contribution in [-0.4, -0.2) is 11.9 Å². The molecule has 13 heavy (non-hydrogen) atoms. The van der Waals surface area contributed by atoms with Gasteiger partial charge in [-0.05, 0) is 34.3 Å². The first-order chi connectivity index (χ1) is 6.06. The van der Waals surface area contributed by atoms with Crippen molar-refractivity contribution in [2.24, 2.45) is 5.92 Å². The number of hydrogen-bond acceptors (Lipinski definition) is 1. The molecule has 1 nitrogen and oxygen atoms in total. The quantitative estimate of drug-likeness (QED) is 0.701.